The van der Waals surface area contributed by atoms with Gasteiger partial charge in [-0.15, -0.1) is 11.3 Å². The van der Waals surface area contributed by atoms with Gasteiger partial charge in [-0.25, -0.2) is 4.98 Å². The number of hydrogen-bond donors (Lipinski definition) is 1. The van der Waals surface area contributed by atoms with Crippen molar-refractivity contribution in [2.24, 2.45) is 5.41 Å². The van der Waals surface area contributed by atoms with E-state index in [-0.39, 0.29) is 17.4 Å². The number of aliphatic hydroxyl groups excluding tert-OH is 1. The van der Waals surface area contributed by atoms with Crippen LogP contribution in [0.5, 0.6) is 0 Å². The molecule has 5 nitrogen and oxygen atoms in total. The van der Waals surface area contributed by atoms with Gasteiger partial charge in [0.1, 0.15) is 0 Å². The Morgan fingerprint density at radius 2 is 2.05 bits per heavy atom. The SMILES string of the molecule is CC(C)(C)[C@H](O)CN1CCN(C(=O)CCc2nccs2)CC1. The lowest BCUT2D eigenvalue weighted by atomic mass is 9.89. The van der Waals surface area contributed by atoms with Gasteiger partial charge >= 0.3 is 0 Å². The fraction of sp³-hybridized carbons (Fsp3) is 0.750. The first-order valence-corrected chi connectivity index (χ1v) is 8.81. The molecule has 1 aliphatic heterocycles. The molecule has 6 heteroatoms. The summed E-state index contributed by atoms with van der Waals surface area (Å²) in [6.45, 7) is 10.0. The van der Waals surface area contributed by atoms with E-state index < -0.39 is 0 Å². The number of piperazine rings is 1. The standard InChI is InChI=1S/C16H27N3O2S/c1-16(2,3)13(20)12-18-7-9-19(10-8-18)15(21)5-4-14-17-6-11-22-14/h6,11,13,20H,4-5,7-10,12H2,1-3H3/t13-/m1/s1. The molecule has 2 rings (SSSR count). The second kappa shape index (κ2) is 7.53. The van der Waals surface area contributed by atoms with Crippen molar-refractivity contribution in [1.82, 2.24) is 14.8 Å². The summed E-state index contributed by atoms with van der Waals surface area (Å²) >= 11 is 1.60. The molecule has 0 radical (unpaired) electrons. The van der Waals surface area contributed by atoms with E-state index >= 15 is 0 Å². The number of hydrogen-bond acceptors (Lipinski definition) is 5. The number of aliphatic hydroxyl groups is 1. The Labute approximate surface area is 137 Å². The Kier molecular flexibility index (Phi) is 5.94. The lowest BCUT2D eigenvalue weighted by Gasteiger charge is -2.38. The summed E-state index contributed by atoms with van der Waals surface area (Å²) < 4.78 is 0. The predicted octanol–water partition coefficient (Wildman–Crippen LogP) is 1.63. The molecule has 1 N–H and O–H groups in total. The largest absolute Gasteiger partial charge is 0.391 e. The first-order valence-electron chi connectivity index (χ1n) is 7.93. The monoisotopic (exact) mass is 325 g/mol. The van der Waals surface area contributed by atoms with Gasteiger partial charge < -0.3 is 10.0 Å². The molecular formula is C16H27N3O2S. The summed E-state index contributed by atoms with van der Waals surface area (Å²) in [5.41, 5.74) is -0.0966. The van der Waals surface area contributed by atoms with Crippen LogP contribution in [0.3, 0.4) is 0 Å². The zero-order valence-corrected chi connectivity index (χ0v) is 14.6. The Bertz CT molecular complexity index is 462. The van der Waals surface area contributed by atoms with E-state index in [1.54, 1.807) is 17.5 Å². The summed E-state index contributed by atoms with van der Waals surface area (Å²) in [7, 11) is 0. The van der Waals surface area contributed by atoms with E-state index in [0.717, 1.165) is 37.6 Å². The van der Waals surface area contributed by atoms with Gasteiger partial charge in [0.2, 0.25) is 5.91 Å². The maximum Gasteiger partial charge on any atom is 0.223 e. The molecule has 0 aromatic carbocycles. The number of β-amino-alcohol motifs (C(OH)–C–C–N with tert-alkyl or cyclic N) is 1. The summed E-state index contributed by atoms with van der Waals surface area (Å²) in [6.07, 6.45) is 2.72. The molecule has 1 aromatic heterocycles. The molecule has 0 spiro atoms. The number of aromatic nitrogens is 1. The second-order valence-electron chi connectivity index (χ2n) is 6.99. The third kappa shape index (κ3) is 5.04. The number of aryl methyl sites for hydroxylation is 1. The lowest BCUT2D eigenvalue weighted by Crippen LogP contribution is -2.51. The van der Waals surface area contributed by atoms with Crippen LogP contribution >= 0.6 is 11.3 Å². The van der Waals surface area contributed by atoms with Crippen molar-refractivity contribution in [3.05, 3.63) is 16.6 Å². The van der Waals surface area contributed by atoms with Crippen molar-refractivity contribution in [2.45, 2.75) is 39.7 Å². The summed E-state index contributed by atoms with van der Waals surface area (Å²) in [5, 5.41) is 13.1. The van der Waals surface area contributed by atoms with E-state index in [4.69, 9.17) is 0 Å². The topological polar surface area (TPSA) is 56.7 Å². The van der Waals surface area contributed by atoms with Crippen LogP contribution in [0.2, 0.25) is 0 Å². The van der Waals surface area contributed by atoms with E-state index in [2.05, 4.69) is 30.7 Å². The van der Waals surface area contributed by atoms with Gasteiger partial charge in [-0.3, -0.25) is 9.69 Å². The summed E-state index contributed by atoms with van der Waals surface area (Å²) in [4.78, 5) is 20.6. The fourth-order valence-corrected chi connectivity index (χ4v) is 3.07. The molecule has 0 unspecified atom stereocenters. The van der Waals surface area contributed by atoms with E-state index in [1.165, 1.54) is 0 Å². The maximum absolute atomic E-state index is 12.2. The molecule has 2 heterocycles. The molecule has 124 valence electrons. The highest BCUT2D eigenvalue weighted by atomic mass is 32.1. The minimum absolute atomic E-state index is 0.0966. The Hall–Kier alpha value is -0.980. The smallest absolute Gasteiger partial charge is 0.223 e. The average Bonchev–Trinajstić information content (AvgIpc) is 2.98. The van der Waals surface area contributed by atoms with Crippen molar-refractivity contribution in [3.8, 4) is 0 Å². The highest BCUT2D eigenvalue weighted by Crippen LogP contribution is 2.20. The lowest BCUT2D eigenvalue weighted by molar-refractivity contribution is -0.133. The highest BCUT2D eigenvalue weighted by Gasteiger charge is 2.27. The van der Waals surface area contributed by atoms with Crippen LogP contribution < -0.4 is 0 Å². The molecule has 1 atom stereocenters. The number of nitrogens with zero attached hydrogens (tertiary/aromatic N) is 3. The zero-order valence-electron chi connectivity index (χ0n) is 13.8. The molecule has 1 aliphatic rings. The van der Waals surface area contributed by atoms with E-state index in [0.29, 0.717) is 13.0 Å². The Balaban J connectivity index is 1.71. The maximum atomic E-state index is 12.2. The summed E-state index contributed by atoms with van der Waals surface area (Å²) in [5.74, 6) is 0.214. The molecule has 0 aliphatic carbocycles. The first-order chi connectivity index (χ1) is 10.4. The van der Waals surface area contributed by atoms with Gasteiger partial charge in [0.15, 0.2) is 0 Å². The van der Waals surface area contributed by atoms with Crippen molar-refractivity contribution in [1.29, 1.82) is 0 Å². The molecule has 1 aromatic rings. The third-order valence-corrected chi connectivity index (χ3v) is 5.03. The van der Waals surface area contributed by atoms with Gasteiger partial charge in [0, 0.05) is 57.1 Å². The molecule has 0 bridgehead atoms. The van der Waals surface area contributed by atoms with Crippen molar-refractivity contribution in [3.63, 3.8) is 0 Å². The van der Waals surface area contributed by atoms with Gasteiger partial charge in [0.25, 0.3) is 0 Å². The molecule has 0 saturated carbocycles. The molecule has 1 fully saturated rings. The van der Waals surface area contributed by atoms with E-state index in [9.17, 15) is 9.90 Å². The Morgan fingerprint density at radius 3 is 2.59 bits per heavy atom. The molecule has 22 heavy (non-hydrogen) atoms. The molecule has 1 amide bonds. The van der Waals surface area contributed by atoms with Crippen LogP contribution in [0, 0.1) is 5.41 Å². The number of carbonyl (C=O) groups is 1. The summed E-state index contributed by atoms with van der Waals surface area (Å²) in [6, 6.07) is 0. The van der Waals surface area contributed by atoms with Crippen molar-refractivity contribution in [2.75, 3.05) is 32.7 Å². The minimum Gasteiger partial charge on any atom is -0.391 e. The third-order valence-electron chi connectivity index (χ3n) is 4.19. The van der Waals surface area contributed by atoms with Crippen LogP contribution in [0.1, 0.15) is 32.2 Å². The fourth-order valence-electron chi connectivity index (χ4n) is 2.45. The van der Waals surface area contributed by atoms with Crippen molar-refractivity contribution >= 4 is 17.2 Å². The van der Waals surface area contributed by atoms with Gasteiger partial charge in [-0.1, -0.05) is 20.8 Å². The second-order valence-corrected chi connectivity index (χ2v) is 7.97. The number of amides is 1. The zero-order chi connectivity index (χ0) is 16.2. The van der Waals surface area contributed by atoms with Crippen LogP contribution in [0.25, 0.3) is 0 Å². The average molecular weight is 325 g/mol. The van der Waals surface area contributed by atoms with Crippen molar-refractivity contribution < 1.29 is 9.90 Å². The van der Waals surface area contributed by atoms with Crippen LogP contribution in [-0.4, -0.2) is 64.6 Å². The normalized spacial score (nSPS) is 18.5. The molecular weight excluding hydrogens is 298 g/mol. The first kappa shape index (κ1) is 17.4. The predicted molar refractivity (Wildman–Crippen MR) is 88.9 cm³/mol. The van der Waals surface area contributed by atoms with E-state index in [1.807, 2.05) is 10.3 Å². The Morgan fingerprint density at radius 1 is 1.36 bits per heavy atom. The van der Waals surface area contributed by atoms with Crippen LogP contribution in [-0.2, 0) is 11.2 Å². The van der Waals surface area contributed by atoms with Gasteiger partial charge in [-0.05, 0) is 5.41 Å². The molecule has 1 saturated heterocycles. The van der Waals surface area contributed by atoms with Gasteiger partial charge in [-0.2, -0.15) is 0 Å². The van der Waals surface area contributed by atoms with Crippen LogP contribution in [0.15, 0.2) is 11.6 Å². The minimum atomic E-state index is -0.334. The van der Waals surface area contributed by atoms with Gasteiger partial charge in [0.05, 0.1) is 11.1 Å². The number of thiazole rings is 1. The quantitative estimate of drug-likeness (QED) is 0.894. The number of carbonyl (C=O) groups excluding carboxylic acids is 1. The highest BCUT2D eigenvalue weighted by molar-refractivity contribution is 7.09. The number of rotatable bonds is 5. The van der Waals surface area contributed by atoms with Crippen LogP contribution in [0.4, 0.5) is 0 Å².